The van der Waals surface area contributed by atoms with Gasteiger partial charge in [0.15, 0.2) is 5.16 Å². The standard InChI is InChI=1S/C24H17Cl2N3OS/c1-14-6-9-16(10-7-14)29-23(30)22-21(17-4-2-3-5-20(17)27-22)28-24(29)31-13-15-8-11-18(25)19(26)12-15/h2-12,27H,13H2,1H3. The highest BCUT2D eigenvalue weighted by atomic mass is 35.5. The van der Waals surface area contributed by atoms with Gasteiger partial charge in [-0.25, -0.2) is 4.98 Å². The Morgan fingerprint density at radius 2 is 1.77 bits per heavy atom. The van der Waals surface area contributed by atoms with Crippen LogP contribution in [0.4, 0.5) is 0 Å². The minimum atomic E-state index is -0.123. The Bertz CT molecular complexity index is 1490. The van der Waals surface area contributed by atoms with Crippen LogP contribution in [0.2, 0.25) is 10.0 Å². The fraction of sp³-hybridized carbons (Fsp3) is 0.0833. The van der Waals surface area contributed by atoms with E-state index in [4.69, 9.17) is 28.2 Å². The van der Waals surface area contributed by atoms with Crippen molar-refractivity contribution in [2.45, 2.75) is 17.8 Å². The number of aromatic amines is 1. The van der Waals surface area contributed by atoms with Gasteiger partial charge in [-0.15, -0.1) is 0 Å². The highest BCUT2D eigenvalue weighted by molar-refractivity contribution is 7.98. The molecule has 4 nitrogen and oxygen atoms in total. The van der Waals surface area contributed by atoms with Crippen LogP contribution in [0.5, 0.6) is 0 Å². The number of nitrogens with zero attached hydrogens (tertiary/aromatic N) is 2. The number of thioether (sulfide) groups is 1. The van der Waals surface area contributed by atoms with Crippen LogP contribution in [0.15, 0.2) is 76.7 Å². The normalized spacial score (nSPS) is 11.5. The maximum Gasteiger partial charge on any atom is 0.283 e. The second-order valence-corrected chi connectivity index (χ2v) is 9.06. The Morgan fingerprint density at radius 1 is 1.00 bits per heavy atom. The molecular formula is C24H17Cl2N3OS. The van der Waals surface area contributed by atoms with E-state index < -0.39 is 0 Å². The van der Waals surface area contributed by atoms with E-state index in [-0.39, 0.29) is 5.56 Å². The first-order valence-electron chi connectivity index (χ1n) is 9.68. The zero-order chi connectivity index (χ0) is 21.5. The van der Waals surface area contributed by atoms with Gasteiger partial charge < -0.3 is 4.98 Å². The van der Waals surface area contributed by atoms with Gasteiger partial charge in [-0.05, 0) is 42.8 Å². The van der Waals surface area contributed by atoms with E-state index in [2.05, 4.69) is 4.98 Å². The van der Waals surface area contributed by atoms with Gasteiger partial charge in [0.05, 0.1) is 15.7 Å². The second kappa shape index (κ2) is 8.08. The molecule has 0 spiro atoms. The minimum Gasteiger partial charge on any atom is -0.349 e. The van der Waals surface area contributed by atoms with Crippen LogP contribution in [0.1, 0.15) is 11.1 Å². The van der Waals surface area contributed by atoms with Crippen molar-refractivity contribution in [3.8, 4) is 5.69 Å². The molecule has 0 saturated carbocycles. The van der Waals surface area contributed by atoms with Gasteiger partial charge in [-0.1, -0.05) is 76.9 Å². The number of H-pyrrole nitrogens is 1. The zero-order valence-electron chi connectivity index (χ0n) is 16.5. The highest BCUT2D eigenvalue weighted by Crippen LogP contribution is 2.30. The van der Waals surface area contributed by atoms with E-state index in [1.54, 1.807) is 10.6 Å². The molecule has 0 radical (unpaired) electrons. The molecule has 1 N–H and O–H groups in total. The summed E-state index contributed by atoms with van der Waals surface area (Å²) in [5.41, 5.74) is 4.86. The summed E-state index contributed by atoms with van der Waals surface area (Å²) >= 11 is 13.7. The molecule has 2 heterocycles. The molecule has 0 aliphatic heterocycles. The lowest BCUT2D eigenvalue weighted by molar-refractivity contribution is 0.818. The molecule has 5 rings (SSSR count). The lowest BCUT2D eigenvalue weighted by Gasteiger charge is -2.12. The third-order valence-corrected chi connectivity index (χ3v) is 6.89. The minimum absolute atomic E-state index is 0.123. The van der Waals surface area contributed by atoms with E-state index >= 15 is 0 Å². The summed E-state index contributed by atoms with van der Waals surface area (Å²) in [5.74, 6) is 0.600. The molecule has 0 bridgehead atoms. The first-order chi connectivity index (χ1) is 15.0. The van der Waals surface area contributed by atoms with Crippen molar-refractivity contribution in [3.63, 3.8) is 0 Å². The van der Waals surface area contributed by atoms with Crippen molar-refractivity contribution in [2.24, 2.45) is 0 Å². The summed E-state index contributed by atoms with van der Waals surface area (Å²) in [6.07, 6.45) is 0. The number of nitrogens with one attached hydrogen (secondary N) is 1. The van der Waals surface area contributed by atoms with Crippen LogP contribution in [0.3, 0.4) is 0 Å². The van der Waals surface area contributed by atoms with Crippen LogP contribution < -0.4 is 5.56 Å². The molecule has 0 fully saturated rings. The van der Waals surface area contributed by atoms with Gasteiger partial charge in [0.1, 0.15) is 11.0 Å². The summed E-state index contributed by atoms with van der Waals surface area (Å²) < 4.78 is 1.67. The van der Waals surface area contributed by atoms with Crippen molar-refractivity contribution < 1.29 is 0 Å². The number of aryl methyl sites for hydroxylation is 1. The fourth-order valence-corrected chi connectivity index (χ4v) is 4.81. The number of rotatable bonds is 4. The Kier molecular flexibility index (Phi) is 5.26. The molecule has 31 heavy (non-hydrogen) atoms. The number of aromatic nitrogens is 3. The maximum atomic E-state index is 13.6. The summed E-state index contributed by atoms with van der Waals surface area (Å²) in [5, 5.41) is 2.58. The lowest BCUT2D eigenvalue weighted by Crippen LogP contribution is -2.21. The van der Waals surface area contributed by atoms with Crippen LogP contribution in [-0.4, -0.2) is 14.5 Å². The first-order valence-corrected chi connectivity index (χ1v) is 11.4. The molecular weight excluding hydrogens is 449 g/mol. The molecule has 5 aromatic rings. The van der Waals surface area contributed by atoms with Crippen molar-refractivity contribution in [1.29, 1.82) is 0 Å². The fourth-order valence-electron chi connectivity index (χ4n) is 3.54. The van der Waals surface area contributed by atoms with E-state index in [9.17, 15) is 4.79 Å². The summed E-state index contributed by atoms with van der Waals surface area (Å²) in [6, 6.07) is 21.2. The van der Waals surface area contributed by atoms with Crippen molar-refractivity contribution in [2.75, 3.05) is 0 Å². The number of benzene rings is 3. The summed E-state index contributed by atoms with van der Waals surface area (Å²) in [4.78, 5) is 21.7. The molecule has 0 unspecified atom stereocenters. The largest absolute Gasteiger partial charge is 0.349 e. The molecule has 0 atom stereocenters. The van der Waals surface area contributed by atoms with Gasteiger partial charge in [-0.3, -0.25) is 9.36 Å². The molecule has 7 heteroatoms. The molecule has 3 aromatic carbocycles. The van der Waals surface area contributed by atoms with Gasteiger partial charge in [0, 0.05) is 16.7 Å². The Labute approximate surface area is 192 Å². The molecule has 154 valence electrons. The van der Waals surface area contributed by atoms with E-state index in [0.717, 1.165) is 27.7 Å². The van der Waals surface area contributed by atoms with E-state index in [1.165, 1.54) is 11.8 Å². The molecule has 0 saturated heterocycles. The number of hydrogen-bond acceptors (Lipinski definition) is 3. The predicted octanol–water partition coefficient (Wildman–Crippen LogP) is 6.77. The van der Waals surface area contributed by atoms with E-state index in [1.807, 2.05) is 67.6 Å². The summed E-state index contributed by atoms with van der Waals surface area (Å²) in [6.45, 7) is 2.02. The average molecular weight is 466 g/mol. The average Bonchev–Trinajstić information content (AvgIpc) is 3.15. The lowest BCUT2D eigenvalue weighted by atomic mass is 10.2. The third-order valence-electron chi connectivity index (χ3n) is 5.14. The first kappa shape index (κ1) is 20.2. The van der Waals surface area contributed by atoms with Gasteiger partial charge in [0.2, 0.25) is 0 Å². The number of halogens is 2. The summed E-state index contributed by atoms with van der Waals surface area (Å²) in [7, 11) is 0. The van der Waals surface area contributed by atoms with Crippen molar-refractivity contribution >= 4 is 56.9 Å². The van der Waals surface area contributed by atoms with Gasteiger partial charge >= 0.3 is 0 Å². The predicted molar refractivity (Wildman–Crippen MR) is 130 cm³/mol. The smallest absolute Gasteiger partial charge is 0.283 e. The van der Waals surface area contributed by atoms with Crippen LogP contribution in [0, 0.1) is 6.92 Å². The molecule has 0 amide bonds. The van der Waals surface area contributed by atoms with E-state index in [0.29, 0.717) is 32.0 Å². The maximum absolute atomic E-state index is 13.6. The molecule has 2 aromatic heterocycles. The van der Waals surface area contributed by atoms with Gasteiger partial charge in [-0.2, -0.15) is 0 Å². The number of fused-ring (bicyclic) bond motifs is 3. The quantitative estimate of drug-likeness (QED) is 0.235. The Balaban J connectivity index is 1.68. The topological polar surface area (TPSA) is 50.7 Å². The van der Waals surface area contributed by atoms with Crippen LogP contribution >= 0.6 is 35.0 Å². The van der Waals surface area contributed by atoms with Crippen LogP contribution in [-0.2, 0) is 5.75 Å². The number of para-hydroxylation sites is 1. The highest BCUT2D eigenvalue weighted by Gasteiger charge is 2.17. The SMILES string of the molecule is Cc1ccc(-n2c(SCc3ccc(Cl)c(Cl)c3)nc3c([nH]c4ccccc43)c2=O)cc1. The zero-order valence-corrected chi connectivity index (χ0v) is 18.9. The molecule has 0 aliphatic carbocycles. The Hall–Kier alpha value is -2.73. The molecule has 0 aliphatic rings. The van der Waals surface area contributed by atoms with Crippen molar-refractivity contribution in [1.82, 2.24) is 14.5 Å². The third kappa shape index (κ3) is 3.74. The van der Waals surface area contributed by atoms with Gasteiger partial charge in [0.25, 0.3) is 5.56 Å². The number of hydrogen-bond donors (Lipinski definition) is 1. The van der Waals surface area contributed by atoms with Crippen molar-refractivity contribution in [3.05, 3.63) is 98.3 Å². The monoisotopic (exact) mass is 465 g/mol. The Morgan fingerprint density at radius 3 is 2.55 bits per heavy atom. The van der Waals surface area contributed by atoms with Crippen LogP contribution in [0.25, 0.3) is 27.6 Å². The second-order valence-electron chi connectivity index (χ2n) is 7.30.